The van der Waals surface area contributed by atoms with E-state index in [4.69, 9.17) is 9.31 Å². The number of hydrogen-bond acceptors (Lipinski definition) is 2. The van der Waals surface area contributed by atoms with E-state index in [2.05, 4.69) is 292 Å². The lowest BCUT2D eigenvalue weighted by Gasteiger charge is -2.32. The van der Waals surface area contributed by atoms with Gasteiger partial charge in [-0.2, -0.15) is 0 Å². The largest absolute Gasteiger partial charge is 0.494 e. The molecule has 0 aliphatic carbocycles. The molecule has 366 valence electrons. The monoisotopic (exact) mass is 1150 g/mol. The van der Waals surface area contributed by atoms with Gasteiger partial charge in [-0.05, 0) is 142 Å². The Morgan fingerprint density at radius 1 is 0.333 bits per heavy atom. The number of para-hydroxylation sites is 6. The van der Waals surface area contributed by atoms with Gasteiger partial charge in [0.05, 0.1) is 55.3 Å². The van der Waals surface area contributed by atoms with Gasteiger partial charge in [0.25, 0.3) is 0 Å². The predicted molar refractivity (Wildman–Crippen MR) is 331 cm³/mol. The molecule has 0 radical (unpaired) electrons. The molecule has 0 saturated carbocycles. The normalized spacial score (nSPS) is 14.2. The summed E-state index contributed by atoms with van der Waals surface area (Å²) in [5.41, 5.74) is 14.5. The van der Waals surface area contributed by atoms with Crippen molar-refractivity contribution in [2.75, 3.05) is 0 Å². The molecule has 14 aromatic rings. The molecule has 1 fully saturated rings. The average Bonchev–Trinajstić information content (AvgIpc) is 4.36. The van der Waals surface area contributed by atoms with Crippen LogP contribution in [-0.4, -0.2) is 36.6 Å². The molecule has 0 amide bonds. The Labute approximate surface area is 462 Å². The molecular formula is C66H53BBrIN4O2. The molecule has 75 heavy (non-hydrogen) atoms. The second-order valence-corrected chi connectivity index (χ2v) is 21.4. The topological polar surface area (TPSA) is 38.2 Å². The third-order valence-electron chi connectivity index (χ3n) is 15.7. The van der Waals surface area contributed by atoms with Gasteiger partial charge in [-0.15, -0.1) is 24.0 Å². The lowest BCUT2D eigenvalue weighted by molar-refractivity contribution is 0.00578. The standard InChI is InChI=1S/C36H31BN2O2.C30H19BrN2.HI.H2/c1-35(2)36(3,4)41-37(40-35)24-19-20-30-28(23-24)34-32(39(30)26-15-9-6-10-16-26)22-21-31-33(34)27-17-11-12-18-29(27)38(31)25-13-7-5-8-14-25;31-20-15-16-26-24(19-20)30-28(33(26)22-11-5-2-6-12-22)18-17-27-29(30)23-13-7-8-14-25(23)32(27)21-9-3-1-4-10-21;;/h5-23H,1-4H3;1-19H;2*1H. The van der Waals surface area contributed by atoms with E-state index in [9.17, 15) is 0 Å². The summed E-state index contributed by atoms with van der Waals surface area (Å²) in [7, 11) is -0.426. The molecule has 0 atom stereocenters. The smallest absolute Gasteiger partial charge is 0.399 e. The molecular weight excluding hydrogens is 1100 g/mol. The van der Waals surface area contributed by atoms with Crippen molar-refractivity contribution in [1.82, 2.24) is 18.3 Å². The number of nitrogens with zero attached hydrogens (tertiary/aromatic N) is 4. The SMILES string of the molecule is Brc1ccc2c(c1)c1c3c4ccccc4n(-c4ccccc4)c3ccc1n2-c1ccccc1.CC1(C)OB(c2ccc3c(c2)c2c4c5ccccc5n(-c5ccccc5)c4ccc2n3-c2ccccc2)OC1(C)C.I.[HH]. The van der Waals surface area contributed by atoms with Crippen LogP contribution in [0.15, 0.2) is 235 Å². The maximum atomic E-state index is 6.49. The fourth-order valence-corrected chi connectivity index (χ4v) is 12.0. The lowest BCUT2D eigenvalue weighted by atomic mass is 9.78. The fraction of sp³-hybridized carbons (Fsp3) is 0.0909. The highest BCUT2D eigenvalue weighted by Crippen LogP contribution is 2.45. The first-order chi connectivity index (χ1) is 36.1. The molecule has 1 aliphatic rings. The maximum Gasteiger partial charge on any atom is 0.494 e. The number of rotatable bonds is 5. The highest BCUT2D eigenvalue weighted by molar-refractivity contribution is 14.0. The van der Waals surface area contributed by atoms with Crippen molar-refractivity contribution >= 4 is 140 Å². The molecule has 9 heteroatoms. The minimum Gasteiger partial charge on any atom is -0.399 e. The van der Waals surface area contributed by atoms with Crippen LogP contribution in [0.4, 0.5) is 0 Å². The zero-order valence-electron chi connectivity index (χ0n) is 41.9. The molecule has 0 bridgehead atoms. The maximum absolute atomic E-state index is 6.49. The average molecular weight is 1150 g/mol. The van der Waals surface area contributed by atoms with Gasteiger partial charge in [-0.3, -0.25) is 0 Å². The van der Waals surface area contributed by atoms with Crippen LogP contribution in [0, 0.1) is 0 Å². The molecule has 6 nitrogen and oxygen atoms in total. The van der Waals surface area contributed by atoms with Gasteiger partial charge in [0.2, 0.25) is 0 Å². The Bertz CT molecular complexity index is 4500. The Kier molecular flexibility index (Phi) is 11.5. The van der Waals surface area contributed by atoms with E-state index in [1.54, 1.807) is 0 Å². The van der Waals surface area contributed by atoms with E-state index in [0.717, 1.165) is 26.8 Å². The van der Waals surface area contributed by atoms with E-state index >= 15 is 0 Å². The van der Waals surface area contributed by atoms with Crippen LogP contribution in [0.5, 0.6) is 0 Å². The van der Waals surface area contributed by atoms with Crippen molar-refractivity contribution in [3.05, 3.63) is 235 Å². The molecule has 0 N–H and O–H groups in total. The molecule has 15 rings (SSSR count). The minimum atomic E-state index is -0.426. The molecule has 5 heterocycles. The Morgan fingerprint density at radius 3 is 1.01 bits per heavy atom. The predicted octanol–water partition coefficient (Wildman–Crippen LogP) is 17.7. The zero-order valence-corrected chi connectivity index (χ0v) is 45.8. The first-order valence-corrected chi connectivity index (χ1v) is 26.2. The number of fused-ring (bicyclic) bond motifs is 14. The van der Waals surface area contributed by atoms with Gasteiger partial charge in [-0.1, -0.05) is 137 Å². The summed E-state index contributed by atoms with van der Waals surface area (Å²) < 4.78 is 23.6. The molecule has 1 aliphatic heterocycles. The van der Waals surface area contributed by atoms with Crippen LogP contribution in [0.25, 0.3) is 110 Å². The third kappa shape index (κ3) is 7.41. The molecule has 0 spiro atoms. The first-order valence-electron chi connectivity index (χ1n) is 25.4. The van der Waals surface area contributed by atoms with Crippen molar-refractivity contribution in [2.45, 2.75) is 38.9 Å². The van der Waals surface area contributed by atoms with Gasteiger partial charge in [0.15, 0.2) is 0 Å². The van der Waals surface area contributed by atoms with E-state index in [1.807, 2.05) is 0 Å². The van der Waals surface area contributed by atoms with Gasteiger partial charge in [0.1, 0.15) is 0 Å². The number of hydrogen-bond donors (Lipinski definition) is 0. The first kappa shape index (κ1) is 47.3. The Balaban J connectivity index is 0.000000152. The second-order valence-electron chi connectivity index (χ2n) is 20.5. The summed E-state index contributed by atoms with van der Waals surface area (Å²) in [6, 6.07) is 82.4. The summed E-state index contributed by atoms with van der Waals surface area (Å²) in [6.45, 7) is 8.42. The minimum absolute atomic E-state index is 0. The van der Waals surface area contributed by atoms with E-state index in [-0.39, 0.29) is 25.4 Å². The summed E-state index contributed by atoms with van der Waals surface area (Å²) in [5, 5.41) is 10.0. The zero-order chi connectivity index (χ0) is 49.9. The quantitative estimate of drug-likeness (QED) is 0.127. The van der Waals surface area contributed by atoms with Crippen molar-refractivity contribution in [2.24, 2.45) is 0 Å². The van der Waals surface area contributed by atoms with Gasteiger partial charge >= 0.3 is 7.12 Å². The van der Waals surface area contributed by atoms with Crippen molar-refractivity contribution < 1.29 is 10.7 Å². The van der Waals surface area contributed by atoms with Crippen LogP contribution in [0.3, 0.4) is 0 Å². The van der Waals surface area contributed by atoms with Gasteiger partial charge < -0.3 is 27.6 Å². The molecule has 0 unspecified atom stereocenters. The highest BCUT2D eigenvalue weighted by atomic mass is 127. The number of halogens is 2. The molecule has 4 aromatic heterocycles. The highest BCUT2D eigenvalue weighted by Gasteiger charge is 2.51. The summed E-state index contributed by atoms with van der Waals surface area (Å²) in [5.74, 6) is 0. The molecule has 1 saturated heterocycles. The van der Waals surface area contributed by atoms with Crippen LogP contribution >= 0.6 is 39.9 Å². The van der Waals surface area contributed by atoms with E-state index in [1.165, 1.54) is 93.1 Å². The van der Waals surface area contributed by atoms with Crippen molar-refractivity contribution in [3.8, 4) is 22.7 Å². The second kappa shape index (κ2) is 18.2. The molecule has 10 aromatic carbocycles. The summed E-state index contributed by atoms with van der Waals surface area (Å²) >= 11 is 3.72. The lowest BCUT2D eigenvalue weighted by Crippen LogP contribution is -2.41. The van der Waals surface area contributed by atoms with Crippen LogP contribution < -0.4 is 5.46 Å². The fourth-order valence-electron chi connectivity index (χ4n) is 11.7. The number of benzene rings is 10. The third-order valence-corrected chi connectivity index (χ3v) is 16.2. The van der Waals surface area contributed by atoms with Crippen LogP contribution in [0.2, 0.25) is 0 Å². The van der Waals surface area contributed by atoms with E-state index in [0.29, 0.717) is 0 Å². The van der Waals surface area contributed by atoms with Crippen LogP contribution in [0.1, 0.15) is 29.1 Å². The van der Waals surface area contributed by atoms with Crippen LogP contribution in [-0.2, 0) is 9.31 Å². The van der Waals surface area contributed by atoms with E-state index < -0.39 is 18.3 Å². The van der Waals surface area contributed by atoms with Crippen molar-refractivity contribution in [3.63, 3.8) is 0 Å². The summed E-state index contributed by atoms with van der Waals surface area (Å²) in [4.78, 5) is 0. The van der Waals surface area contributed by atoms with Crippen molar-refractivity contribution in [1.29, 1.82) is 0 Å². The van der Waals surface area contributed by atoms with Gasteiger partial charge in [0, 0.05) is 71.7 Å². The Morgan fingerprint density at radius 2 is 0.627 bits per heavy atom. The van der Waals surface area contributed by atoms with Gasteiger partial charge in [-0.25, -0.2) is 0 Å². The Hall–Kier alpha value is -7.41. The summed E-state index contributed by atoms with van der Waals surface area (Å²) in [6.07, 6.45) is 0. The number of aromatic nitrogens is 4.